The minimum atomic E-state index is -0.180. The van der Waals surface area contributed by atoms with Gasteiger partial charge in [0.25, 0.3) is 0 Å². The molecular weight excluding hydrogens is 446 g/mol. The summed E-state index contributed by atoms with van der Waals surface area (Å²) in [6.07, 6.45) is 3.44. The fourth-order valence-corrected chi connectivity index (χ4v) is 2.92. The van der Waals surface area contributed by atoms with Gasteiger partial charge in [0.1, 0.15) is 5.82 Å². The zero-order chi connectivity index (χ0) is 18.1. The summed E-state index contributed by atoms with van der Waals surface area (Å²) in [5.74, 6) is 0.627. The van der Waals surface area contributed by atoms with Crippen LogP contribution in [0.5, 0.6) is 0 Å². The van der Waals surface area contributed by atoms with Gasteiger partial charge in [0.2, 0.25) is 0 Å². The Morgan fingerprint density at radius 2 is 2.00 bits per heavy atom. The first kappa shape index (κ1) is 23.1. The van der Waals surface area contributed by atoms with E-state index < -0.39 is 0 Å². The Kier molecular flexibility index (Phi) is 11.1. The zero-order valence-electron chi connectivity index (χ0n) is 16.1. The quantitative estimate of drug-likeness (QED) is 0.309. The molecule has 1 saturated carbocycles. The van der Waals surface area contributed by atoms with Crippen molar-refractivity contribution in [1.29, 1.82) is 0 Å². The van der Waals surface area contributed by atoms with Crippen LogP contribution in [0.4, 0.5) is 4.39 Å². The van der Waals surface area contributed by atoms with Crippen molar-refractivity contribution in [2.75, 3.05) is 46.9 Å². The highest BCUT2D eigenvalue weighted by molar-refractivity contribution is 14.0. The van der Waals surface area contributed by atoms with Crippen LogP contribution in [0.3, 0.4) is 0 Å². The Bertz CT molecular complexity index is 566. The van der Waals surface area contributed by atoms with E-state index in [2.05, 4.69) is 20.5 Å². The molecule has 148 valence electrons. The van der Waals surface area contributed by atoms with Crippen LogP contribution in [0.15, 0.2) is 23.2 Å². The lowest BCUT2D eigenvalue weighted by Gasteiger charge is -2.22. The molecule has 1 aliphatic rings. The van der Waals surface area contributed by atoms with Gasteiger partial charge >= 0.3 is 0 Å². The summed E-state index contributed by atoms with van der Waals surface area (Å²) in [6, 6.07) is 5.68. The van der Waals surface area contributed by atoms with Crippen molar-refractivity contribution in [3.8, 4) is 0 Å². The highest BCUT2D eigenvalue weighted by atomic mass is 127. The average Bonchev–Trinajstić information content (AvgIpc) is 3.43. The number of ether oxygens (including phenoxy) is 1. The summed E-state index contributed by atoms with van der Waals surface area (Å²) < 4.78 is 18.3. The monoisotopic (exact) mass is 478 g/mol. The number of nitrogens with zero attached hydrogens (tertiary/aromatic N) is 2. The summed E-state index contributed by atoms with van der Waals surface area (Å²) in [4.78, 5) is 6.74. The molecule has 1 aromatic carbocycles. The van der Waals surface area contributed by atoms with Crippen molar-refractivity contribution < 1.29 is 9.13 Å². The predicted octanol–water partition coefficient (Wildman–Crippen LogP) is 2.57. The van der Waals surface area contributed by atoms with Crippen molar-refractivity contribution >= 4 is 29.9 Å². The van der Waals surface area contributed by atoms with E-state index in [9.17, 15) is 4.39 Å². The van der Waals surface area contributed by atoms with Crippen molar-refractivity contribution in [1.82, 2.24) is 15.5 Å². The Hall–Kier alpha value is -0.930. The first-order chi connectivity index (χ1) is 12.1. The molecule has 0 unspecified atom stereocenters. The topological polar surface area (TPSA) is 48.9 Å². The average molecular weight is 478 g/mol. The fourth-order valence-electron chi connectivity index (χ4n) is 2.92. The number of nitrogens with one attached hydrogen (secondary N) is 2. The fraction of sp³-hybridized carbons (Fsp3) is 0.632. The number of hydrogen-bond acceptors (Lipinski definition) is 3. The lowest BCUT2D eigenvalue weighted by Crippen LogP contribution is -2.43. The third-order valence-electron chi connectivity index (χ3n) is 4.55. The second kappa shape index (κ2) is 12.5. The van der Waals surface area contributed by atoms with E-state index in [4.69, 9.17) is 4.74 Å². The van der Waals surface area contributed by atoms with Crippen molar-refractivity contribution in [3.63, 3.8) is 0 Å². The van der Waals surface area contributed by atoms with Gasteiger partial charge in [0, 0.05) is 46.4 Å². The molecule has 0 radical (unpaired) electrons. The molecule has 2 N–H and O–H groups in total. The molecule has 26 heavy (non-hydrogen) atoms. The number of hydrogen-bond donors (Lipinski definition) is 2. The van der Waals surface area contributed by atoms with E-state index >= 15 is 0 Å². The Morgan fingerprint density at radius 3 is 2.62 bits per heavy atom. The van der Waals surface area contributed by atoms with Crippen LogP contribution in [0, 0.1) is 12.7 Å². The smallest absolute Gasteiger partial charge is 0.191 e. The van der Waals surface area contributed by atoms with Crippen molar-refractivity contribution in [3.05, 3.63) is 35.1 Å². The van der Waals surface area contributed by atoms with Crippen LogP contribution >= 0.6 is 24.0 Å². The van der Waals surface area contributed by atoms with Crippen molar-refractivity contribution in [2.45, 2.75) is 32.2 Å². The maximum atomic E-state index is 13.1. The largest absolute Gasteiger partial charge is 0.383 e. The lowest BCUT2D eigenvalue weighted by molar-refractivity contribution is 0.144. The molecule has 0 aliphatic heterocycles. The van der Waals surface area contributed by atoms with Crippen LogP contribution in [-0.2, 0) is 11.2 Å². The highest BCUT2D eigenvalue weighted by Crippen LogP contribution is 2.25. The molecule has 0 amide bonds. The maximum Gasteiger partial charge on any atom is 0.191 e. The minimum Gasteiger partial charge on any atom is -0.383 e. The molecule has 0 bridgehead atoms. The molecular formula is C19H32FIN4O. The Morgan fingerprint density at radius 1 is 1.27 bits per heavy atom. The second-order valence-corrected chi connectivity index (χ2v) is 6.51. The summed E-state index contributed by atoms with van der Waals surface area (Å²) in [5, 5.41) is 6.69. The van der Waals surface area contributed by atoms with Gasteiger partial charge in [-0.1, -0.05) is 6.07 Å². The third kappa shape index (κ3) is 8.18. The van der Waals surface area contributed by atoms with Crippen LogP contribution in [-0.4, -0.2) is 63.8 Å². The Labute approximate surface area is 173 Å². The van der Waals surface area contributed by atoms with E-state index in [0.717, 1.165) is 62.3 Å². The summed E-state index contributed by atoms with van der Waals surface area (Å²) >= 11 is 0. The van der Waals surface area contributed by atoms with E-state index in [1.165, 1.54) is 18.9 Å². The number of methoxy groups -OCH3 is 1. The normalized spacial score (nSPS) is 14.3. The maximum absolute atomic E-state index is 13.1. The van der Waals surface area contributed by atoms with E-state index in [1.54, 1.807) is 20.2 Å². The first-order valence-corrected chi connectivity index (χ1v) is 9.06. The van der Waals surface area contributed by atoms with E-state index in [0.29, 0.717) is 0 Å². The highest BCUT2D eigenvalue weighted by Gasteiger charge is 2.28. The number of guanidine groups is 1. The molecule has 5 nitrogen and oxygen atoms in total. The zero-order valence-corrected chi connectivity index (χ0v) is 18.4. The molecule has 1 fully saturated rings. The molecule has 0 atom stereocenters. The van der Waals surface area contributed by atoms with Gasteiger partial charge in [-0.05, 0) is 49.4 Å². The minimum absolute atomic E-state index is 0. The van der Waals surface area contributed by atoms with Crippen molar-refractivity contribution in [2.24, 2.45) is 4.99 Å². The third-order valence-corrected chi connectivity index (χ3v) is 4.55. The summed E-state index contributed by atoms with van der Waals surface area (Å²) in [7, 11) is 3.53. The molecule has 1 aliphatic carbocycles. The van der Waals surface area contributed by atoms with Crippen LogP contribution in [0.2, 0.25) is 0 Å². The molecule has 7 heteroatoms. The van der Waals surface area contributed by atoms with Crippen LogP contribution in [0.1, 0.15) is 24.0 Å². The molecule has 1 aromatic rings. The van der Waals surface area contributed by atoms with E-state index in [1.807, 2.05) is 13.0 Å². The SMILES string of the molecule is CN=C(NCCc1ccc(F)cc1C)NCCN(CCOC)C1CC1.I. The molecule has 2 rings (SSSR count). The number of benzene rings is 1. The van der Waals surface area contributed by atoms with Gasteiger partial charge in [-0.2, -0.15) is 0 Å². The number of aliphatic imine (C=N–C) groups is 1. The van der Waals surface area contributed by atoms with Crippen LogP contribution in [0.25, 0.3) is 0 Å². The predicted molar refractivity (Wildman–Crippen MR) is 116 cm³/mol. The van der Waals surface area contributed by atoms with Gasteiger partial charge in [-0.25, -0.2) is 4.39 Å². The first-order valence-electron chi connectivity index (χ1n) is 9.06. The van der Waals surface area contributed by atoms with Gasteiger partial charge in [-0.3, -0.25) is 9.89 Å². The Balaban J connectivity index is 0.00000338. The standard InChI is InChI=1S/C19H31FN4O.HI/c1-15-14-17(20)5-4-16(15)8-9-22-19(21-2)23-10-11-24(12-13-25-3)18-6-7-18;/h4-5,14,18H,6-13H2,1-3H3,(H2,21,22,23);1H. The summed E-state index contributed by atoms with van der Waals surface area (Å²) in [6.45, 7) is 6.32. The molecule has 0 heterocycles. The number of rotatable bonds is 10. The molecule has 0 spiro atoms. The molecule has 0 saturated heterocycles. The van der Waals surface area contributed by atoms with Gasteiger partial charge in [-0.15, -0.1) is 24.0 Å². The second-order valence-electron chi connectivity index (χ2n) is 6.51. The van der Waals surface area contributed by atoms with Gasteiger partial charge < -0.3 is 15.4 Å². The van der Waals surface area contributed by atoms with E-state index in [-0.39, 0.29) is 29.8 Å². The number of aryl methyl sites for hydroxylation is 1. The number of halogens is 2. The van der Waals surface area contributed by atoms with Gasteiger partial charge in [0.05, 0.1) is 6.61 Å². The lowest BCUT2D eigenvalue weighted by atomic mass is 10.1. The summed E-state index contributed by atoms with van der Waals surface area (Å²) in [5.41, 5.74) is 2.15. The molecule has 0 aromatic heterocycles. The van der Waals surface area contributed by atoms with Gasteiger partial charge in [0.15, 0.2) is 5.96 Å². The van der Waals surface area contributed by atoms with Crippen LogP contribution < -0.4 is 10.6 Å².